The Bertz CT molecular complexity index is 8.00. The van der Waals surface area contributed by atoms with E-state index in [2.05, 4.69) is 0 Å². The topological polar surface area (TPSA) is 0 Å². The van der Waals surface area contributed by atoms with Crippen LogP contribution >= 0.6 is 0 Å². The Morgan fingerprint density at radius 3 is 1.00 bits per heavy atom. The maximum atomic E-state index is 0. The summed E-state index contributed by atoms with van der Waals surface area (Å²) in [6.45, 7) is 0. The van der Waals surface area contributed by atoms with Crippen LogP contribution in [0.3, 0.4) is 0 Å². The standard InChI is InChI=1S/Al.As.In.Sb. The molecule has 0 aliphatic heterocycles. The molecule has 0 N–H and O–H groups in total. The van der Waals surface area contributed by atoms with Gasteiger partial charge in [0.1, 0.15) is 0 Å². The molecule has 0 amide bonds. The molecule has 0 heterocycles. The Balaban J connectivity index is 0. The van der Waals surface area contributed by atoms with Gasteiger partial charge in [0.05, 0.1) is 0 Å². The minimum Gasteiger partial charge on any atom is 0 e. The molecular weight excluding hydrogens is 338 g/mol. The summed E-state index contributed by atoms with van der Waals surface area (Å²) in [6.07, 6.45) is 0. The van der Waals surface area contributed by atoms with E-state index in [0.717, 1.165) is 0 Å². The van der Waals surface area contributed by atoms with Crippen LogP contribution in [0.25, 0.3) is 0 Å². The van der Waals surface area contributed by atoms with Gasteiger partial charge >= 0.3 is 0 Å². The molecule has 0 atom stereocenters. The molecule has 0 fully saturated rings. The van der Waals surface area contributed by atoms with Crippen LogP contribution in [0, 0.1) is 0 Å². The fraction of sp³-hybridized carbons (Fsp3) is 0. The quantitative estimate of drug-likeness (QED) is 0.471. The Labute approximate surface area is 84.2 Å². The molecule has 4 heteroatoms. The van der Waals surface area contributed by atoms with Crippen molar-refractivity contribution in [2.75, 3.05) is 0 Å². The molecule has 0 saturated heterocycles. The van der Waals surface area contributed by atoms with Gasteiger partial charge in [-0.2, -0.15) is 0 Å². The van der Waals surface area contributed by atoms with Crippen molar-refractivity contribution in [3.05, 3.63) is 0 Å². The van der Waals surface area contributed by atoms with Crippen molar-refractivity contribution < 1.29 is 0 Å². The molecule has 0 bridgehead atoms. The Hall–Kier alpha value is 2.78. The van der Waals surface area contributed by atoms with Crippen molar-refractivity contribution in [1.29, 1.82) is 0 Å². The Morgan fingerprint density at radius 1 is 1.00 bits per heavy atom. The van der Waals surface area contributed by atoms with Crippen LogP contribution in [0.1, 0.15) is 0 Å². The molecule has 12 radical (unpaired) electrons. The molecule has 0 aliphatic rings. The van der Waals surface area contributed by atoms with Crippen molar-refractivity contribution in [3.8, 4) is 0 Å². The maximum absolute atomic E-state index is 0. The van der Waals surface area contributed by atoms with Crippen LogP contribution < -0.4 is 0 Å². The third kappa shape index (κ3) is 8.84. The molecule has 4 heavy (non-hydrogen) atoms. The van der Waals surface area contributed by atoms with Gasteiger partial charge in [-0.3, -0.25) is 0 Å². The van der Waals surface area contributed by atoms with E-state index in [1.807, 2.05) is 0 Å². The summed E-state index contributed by atoms with van der Waals surface area (Å²) in [7, 11) is 0. The molecule has 0 aromatic rings. The van der Waals surface area contributed by atoms with Crippen molar-refractivity contribution in [1.82, 2.24) is 0 Å². The molecule has 0 spiro atoms. The molecule has 0 rings (SSSR count). The summed E-state index contributed by atoms with van der Waals surface area (Å²) >= 11 is 0. The SMILES string of the molecule is [Al].[As].[In].[Sb]. The van der Waals surface area contributed by atoms with E-state index in [4.69, 9.17) is 0 Å². The molecule has 0 aromatic carbocycles. The second kappa shape index (κ2) is 17.1. The Morgan fingerprint density at radius 2 is 1.00 bits per heavy atom. The molecule has 0 aromatic heterocycles. The van der Waals surface area contributed by atoms with Gasteiger partial charge < -0.3 is 0 Å². The smallest absolute Gasteiger partial charge is 0 e. The van der Waals surface area contributed by atoms with E-state index in [-0.39, 0.29) is 85.6 Å². The predicted octanol–water partition coefficient (Wildman–Crippen LogP) is -1.52. The molecule has 0 saturated carbocycles. The minimum atomic E-state index is 0. The van der Waals surface area contributed by atoms with E-state index in [0.29, 0.717) is 0 Å². The Kier molecular flexibility index (Phi) is 125. The summed E-state index contributed by atoms with van der Waals surface area (Å²) in [5.74, 6) is 0. The normalized spacial score (nSPS) is 0. The first kappa shape index (κ1) is 29.3. The zero-order valence-corrected chi connectivity index (χ0v) is 10.9. The van der Waals surface area contributed by atoms with E-state index >= 15 is 0 Å². The van der Waals surface area contributed by atoms with Gasteiger partial charge in [0, 0.05) is 85.6 Å². The molecule has 16 valence electrons. The average molecular weight is 338 g/mol. The second-order valence-electron chi connectivity index (χ2n) is 0. The summed E-state index contributed by atoms with van der Waals surface area (Å²) in [5, 5.41) is 0. The number of hydrogen-bond acceptors (Lipinski definition) is 0. The number of hydrogen-bond donors (Lipinski definition) is 0. The average Bonchev–Trinajstić information content (AvgIpc) is 0. The van der Waals surface area contributed by atoms with Crippen LogP contribution in [0.4, 0.5) is 0 Å². The zero-order valence-electron chi connectivity index (χ0n) is 2.05. The van der Waals surface area contributed by atoms with E-state index in [1.54, 1.807) is 0 Å². The van der Waals surface area contributed by atoms with Crippen LogP contribution in [-0.4, -0.2) is 85.6 Å². The first-order valence-electron chi connectivity index (χ1n) is 0. The summed E-state index contributed by atoms with van der Waals surface area (Å²) < 4.78 is 0. The summed E-state index contributed by atoms with van der Waals surface area (Å²) in [5.41, 5.74) is 0. The van der Waals surface area contributed by atoms with E-state index in [9.17, 15) is 0 Å². The summed E-state index contributed by atoms with van der Waals surface area (Å²) in [4.78, 5) is 0. The molecule has 0 unspecified atom stereocenters. The maximum Gasteiger partial charge on any atom is 0 e. The molecule has 0 nitrogen and oxygen atoms in total. The monoisotopic (exact) mass is 338 g/mol. The van der Waals surface area contributed by atoms with Crippen molar-refractivity contribution in [2.24, 2.45) is 0 Å². The van der Waals surface area contributed by atoms with E-state index in [1.165, 1.54) is 0 Å². The van der Waals surface area contributed by atoms with E-state index < -0.39 is 0 Å². The first-order chi connectivity index (χ1) is 0. The van der Waals surface area contributed by atoms with Gasteiger partial charge in [0.15, 0.2) is 0 Å². The van der Waals surface area contributed by atoms with Crippen LogP contribution in [0.5, 0.6) is 0 Å². The fourth-order valence-corrected chi connectivity index (χ4v) is 0. The van der Waals surface area contributed by atoms with Crippen molar-refractivity contribution in [3.63, 3.8) is 0 Å². The van der Waals surface area contributed by atoms with Gasteiger partial charge in [0.2, 0.25) is 0 Å². The number of rotatable bonds is 0. The predicted molar refractivity (Wildman–Crippen MR) is 23.0 cm³/mol. The minimum absolute atomic E-state index is 0. The van der Waals surface area contributed by atoms with Crippen molar-refractivity contribution in [2.45, 2.75) is 0 Å². The van der Waals surface area contributed by atoms with Gasteiger partial charge in [-0.25, -0.2) is 0 Å². The largest absolute Gasteiger partial charge is 0 e. The van der Waals surface area contributed by atoms with Crippen LogP contribution in [0.15, 0.2) is 0 Å². The van der Waals surface area contributed by atoms with Crippen LogP contribution in [-0.2, 0) is 0 Å². The molecule has 0 aliphatic carbocycles. The fourth-order valence-electron chi connectivity index (χ4n) is 0. The molecular formula is AlAsInSb. The van der Waals surface area contributed by atoms with Gasteiger partial charge in [-0.15, -0.1) is 0 Å². The summed E-state index contributed by atoms with van der Waals surface area (Å²) in [6, 6.07) is 0. The zero-order chi connectivity index (χ0) is 0. The second-order valence-corrected chi connectivity index (χ2v) is 0. The third-order valence-corrected chi connectivity index (χ3v) is 0. The third-order valence-electron chi connectivity index (χ3n) is 0. The first-order valence-corrected chi connectivity index (χ1v) is 0. The van der Waals surface area contributed by atoms with Gasteiger partial charge in [0.25, 0.3) is 0 Å². The van der Waals surface area contributed by atoms with Crippen LogP contribution in [0.2, 0.25) is 0 Å². The van der Waals surface area contributed by atoms with Gasteiger partial charge in [-0.05, 0) is 0 Å². The van der Waals surface area contributed by atoms with Crippen molar-refractivity contribution >= 4 is 85.6 Å². The van der Waals surface area contributed by atoms with Gasteiger partial charge in [-0.1, -0.05) is 0 Å².